The highest BCUT2D eigenvalue weighted by atomic mass is 32.2. The average Bonchev–Trinajstić information content (AvgIpc) is 2.83. The van der Waals surface area contributed by atoms with Crippen LogP contribution in [0.2, 0.25) is 0 Å². The van der Waals surface area contributed by atoms with Crippen LogP contribution in [0.1, 0.15) is 11.4 Å². The zero-order chi connectivity index (χ0) is 16.4. The number of carbonyl (C=O) groups is 1. The lowest BCUT2D eigenvalue weighted by atomic mass is 10.2. The van der Waals surface area contributed by atoms with E-state index in [1.165, 1.54) is 24.5 Å². The smallest absolute Gasteiger partial charge is 0.308 e. The Morgan fingerprint density at radius 1 is 1.13 bits per heavy atom. The van der Waals surface area contributed by atoms with Gasteiger partial charge in [0.15, 0.2) is 0 Å². The molecule has 2 N–H and O–H groups in total. The molecule has 0 unspecified atom stereocenters. The van der Waals surface area contributed by atoms with Crippen LogP contribution in [0.25, 0.3) is 6.08 Å². The second-order valence-corrected chi connectivity index (χ2v) is 6.39. The number of aromatic nitrogens is 2. The van der Waals surface area contributed by atoms with Crippen molar-refractivity contribution < 1.29 is 13.2 Å². The predicted molar refractivity (Wildman–Crippen MR) is 82.1 cm³/mol. The summed E-state index contributed by atoms with van der Waals surface area (Å²) < 4.78 is 23.6. The number of amides is 2. The van der Waals surface area contributed by atoms with E-state index in [0.29, 0.717) is 16.9 Å². The number of carbonyl (C=O) groups excluding carboxylic acids is 1. The molecule has 2 heterocycles. The molecule has 1 aromatic carbocycles. The van der Waals surface area contributed by atoms with Crippen molar-refractivity contribution in [2.45, 2.75) is 4.90 Å². The summed E-state index contributed by atoms with van der Waals surface area (Å²) in [5.74, 6) is -0.00714. The van der Waals surface area contributed by atoms with Gasteiger partial charge in [0.1, 0.15) is 6.07 Å². The number of anilines is 2. The van der Waals surface area contributed by atoms with Gasteiger partial charge in [0.05, 0.1) is 23.0 Å². The zero-order valence-corrected chi connectivity index (χ0v) is 12.3. The molecule has 0 radical (unpaired) electrons. The molecule has 0 spiro atoms. The molecule has 3 rings (SSSR count). The summed E-state index contributed by atoms with van der Waals surface area (Å²) in [5.41, 5.74) is 1.22. The first-order valence-corrected chi connectivity index (χ1v) is 7.90. The second-order valence-electron chi connectivity index (χ2n) is 4.59. The Morgan fingerprint density at radius 3 is 2.52 bits per heavy atom. The standard InChI is InChI=1S/C14H9N5O3S/c15-6-13-16-7-11(8-17-13)19-14(20)18-10-2-1-9-3-4-23(21,22)12(9)5-10/h1-5,7-8H,(H2,18,19,20). The van der Waals surface area contributed by atoms with Crippen LogP contribution in [0.5, 0.6) is 0 Å². The summed E-state index contributed by atoms with van der Waals surface area (Å²) in [6.45, 7) is 0. The minimum atomic E-state index is -3.43. The number of hydrogen-bond acceptors (Lipinski definition) is 6. The lowest BCUT2D eigenvalue weighted by Crippen LogP contribution is -2.19. The number of urea groups is 1. The molecule has 1 aliphatic heterocycles. The van der Waals surface area contributed by atoms with Crippen molar-refractivity contribution in [1.29, 1.82) is 5.26 Å². The van der Waals surface area contributed by atoms with Crippen LogP contribution in [0, 0.1) is 11.3 Å². The number of nitrogens with one attached hydrogen (secondary N) is 2. The van der Waals surface area contributed by atoms with Crippen LogP contribution in [-0.4, -0.2) is 24.4 Å². The molecule has 8 nitrogen and oxygen atoms in total. The Hall–Kier alpha value is -3.25. The minimum absolute atomic E-state index is 0.00714. The third-order valence-electron chi connectivity index (χ3n) is 3.01. The number of benzene rings is 1. The fraction of sp³-hybridized carbons (Fsp3) is 0. The molecule has 9 heteroatoms. The highest BCUT2D eigenvalue weighted by molar-refractivity contribution is 7.94. The van der Waals surface area contributed by atoms with Crippen LogP contribution in [0.4, 0.5) is 16.2 Å². The van der Waals surface area contributed by atoms with Crippen LogP contribution in [0.15, 0.2) is 40.9 Å². The Balaban J connectivity index is 1.73. The van der Waals surface area contributed by atoms with Gasteiger partial charge < -0.3 is 10.6 Å². The van der Waals surface area contributed by atoms with E-state index in [2.05, 4.69) is 20.6 Å². The molecule has 1 aliphatic rings. The Morgan fingerprint density at radius 2 is 1.83 bits per heavy atom. The molecule has 23 heavy (non-hydrogen) atoms. The molecule has 1 aromatic heterocycles. The first-order chi connectivity index (χ1) is 11.0. The van der Waals surface area contributed by atoms with E-state index in [1.807, 2.05) is 0 Å². The normalized spacial score (nSPS) is 13.9. The van der Waals surface area contributed by atoms with Crippen LogP contribution >= 0.6 is 0 Å². The quantitative estimate of drug-likeness (QED) is 0.865. The number of nitriles is 1. The topological polar surface area (TPSA) is 125 Å². The Bertz CT molecular complexity index is 959. The Labute approximate surface area is 131 Å². The largest absolute Gasteiger partial charge is 0.323 e. The number of hydrogen-bond donors (Lipinski definition) is 2. The highest BCUT2D eigenvalue weighted by Crippen LogP contribution is 2.29. The summed E-state index contributed by atoms with van der Waals surface area (Å²) in [7, 11) is -3.43. The van der Waals surface area contributed by atoms with E-state index in [1.54, 1.807) is 18.2 Å². The monoisotopic (exact) mass is 327 g/mol. The molecular formula is C14H9N5O3S. The van der Waals surface area contributed by atoms with Crippen LogP contribution in [0.3, 0.4) is 0 Å². The average molecular weight is 327 g/mol. The zero-order valence-electron chi connectivity index (χ0n) is 11.5. The van der Waals surface area contributed by atoms with E-state index in [9.17, 15) is 13.2 Å². The maximum absolute atomic E-state index is 11.9. The number of nitrogens with zero attached hydrogens (tertiary/aromatic N) is 3. The van der Waals surface area contributed by atoms with Crippen molar-refractivity contribution in [1.82, 2.24) is 9.97 Å². The van der Waals surface area contributed by atoms with Crippen molar-refractivity contribution in [3.63, 3.8) is 0 Å². The predicted octanol–water partition coefficient (Wildman–Crippen LogP) is 1.75. The van der Waals surface area contributed by atoms with Crippen molar-refractivity contribution in [3.8, 4) is 6.07 Å². The van der Waals surface area contributed by atoms with Gasteiger partial charge in [0.25, 0.3) is 0 Å². The molecule has 2 amide bonds. The number of rotatable bonds is 2. The van der Waals surface area contributed by atoms with E-state index >= 15 is 0 Å². The molecule has 2 aromatic rings. The van der Waals surface area contributed by atoms with Gasteiger partial charge in [-0.1, -0.05) is 6.07 Å². The van der Waals surface area contributed by atoms with Gasteiger partial charge in [0.2, 0.25) is 15.7 Å². The lowest BCUT2D eigenvalue weighted by molar-refractivity contribution is 0.262. The van der Waals surface area contributed by atoms with Crippen molar-refractivity contribution >= 4 is 33.3 Å². The summed E-state index contributed by atoms with van der Waals surface area (Å²) >= 11 is 0. The van der Waals surface area contributed by atoms with Crippen molar-refractivity contribution in [3.05, 3.63) is 47.4 Å². The van der Waals surface area contributed by atoms with E-state index in [4.69, 9.17) is 5.26 Å². The summed E-state index contributed by atoms with van der Waals surface area (Å²) in [5, 5.41) is 14.7. The summed E-state index contributed by atoms with van der Waals surface area (Å²) in [6, 6.07) is 5.78. The van der Waals surface area contributed by atoms with Crippen LogP contribution < -0.4 is 10.6 Å². The first-order valence-electron chi connectivity index (χ1n) is 6.35. The lowest BCUT2D eigenvalue weighted by Gasteiger charge is -2.08. The van der Waals surface area contributed by atoms with Gasteiger partial charge >= 0.3 is 6.03 Å². The molecule has 0 saturated heterocycles. The summed E-state index contributed by atoms with van der Waals surface area (Å²) in [4.78, 5) is 19.5. The van der Waals surface area contributed by atoms with Crippen molar-refractivity contribution in [2.75, 3.05) is 10.6 Å². The molecule has 0 atom stereocenters. The van der Waals surface area contributed by atoms with Gasteiger partial charge in [-0.25, -0.2) is 23.2 Å². The molecule has 114 valence electrons. The van der Waals surface area contributed by atoms with Gasteiger partial charge in [0, 0.05) is 11.1 Å². The highest BCUT2D eigenvalue weighted by Gasteiger charge is 2.21. The molecule has 0 bridgehead atoms. The maximum atomic E-state index is 11.9. The van der Waals surface area contributed by atoms with Gasteiger partial charge in [-0.15, -0.1) is 0 Å². The third-order valence-corrected chi connectivity index (χ3v) is 4.48. The van der Waals surface area contributed by atoms with E-state index in [-0.39, 0.29) is 10.7 Å². The van der Waals surface area contributed by atoms with Crippen molar-refractivity contribution in [2.24, 2.45) is 0 Å². The number of sulfone groups is 1. The van der Waals surface area contributed by atoms with E-state index < -0.39 is 15.9 Å². The van der Waals surface area contributed by atoms with Gasteiger partial charge in [-0.3, -0.25) is 0 Å². The first kappa shape index (κ1) is 14.7. The Kier molecular flexibility index (Phi) is 3.51. The fourth-order valence-corrected chi connectivity index (χ4v) is 3.20. The molecule has 0 aliphatic carbocycles. The van der Waals surface area contributed by atoms with Gasteiger partial charge in [-0.2, -0.15) is 5.26 Å². The fourth-order valence-electron chi connectivity index (χ4n) is 1.98. The second kappa shape index (κ2) is 5.51. The number of fused-ring (bicyclic) bond motifs is 1. The third kappa shape index (κ3) is 3.02. The SMILES string of the molecule is N#Cc1ncc(NC(=O)Nc2ccc3c(c2)S(=O)(=O)C=C3)cn1. The molecule has 0 fully saturated rings. The molecular weight excluding hydrogens is 318 g/mol. The van der Waals surface area contributed by atoms with Gasteiger partial charge in [-0.05, 0) is 23.8 Å². The minimum Gasteiger partial charge on any atom is -0.308 e. The summed E-state index contributed by atoms with van der Waals surface area (Å²) in [6.07, 6.45) is 4.09. The van der Waals surface area contributed by atoms with Crippen LogP contribution in [-0.2, 0) is 9.84 Å². The van der Waals surface area contributed by atoms with E-state index in [0.717, 1.165) is 5.41 Å². The maximum Gasteiger partial charge on any atom is 0.323 e. The molecule has 0 saturated carbocycles.